The Balaban J connectivity index is 2.13. The summed E-state index contributed by atoms with van der Waals surface area (Å²) in [5, 5.41) is 8.41. The molecule has 0 atom stereocenters. The van der Waals surface area contributed by atoms with Crippen LogP contribution >= 0.6 is 0 Å². The molecule has 0 spiro atoms. The Morgan fingerprint density at radius 2 is 2.12 bits per heavy atom. The summed E-state index contributed by atoms with van der Waals surface area (Å²) >= 11 is 0. The Labute approximate surface area is 104 Å². The summed E-state index contributed by atoms with van der Waals surface area (Å²) in [5.74, 6) is 0.832. The molecule has 1 heterocycles. The number of ketones is 1. The number of Topliss-reactive ketones (excluding diaryl/α,β-unsaturated/α-hetero) is 1. The molecular weight excluding hydrogens is 214 g/mol. The summed E-state index contributed by atoms with van der Waals surface area (Å²) in [6, 6.07) is 1.90. The number of rotatable bonds is 6. The van der Waals surface area contributed by atoms with Gasteiger partial charge in [0.15, 0.2) is 5.78 Å². The Morgan fingerprint density at radius 3 is 2.71 bits per heavy atom. The van der Waals surface area contributed by atoms with Gasteiger partial charge in [-0.05, 0) is 58.9 Å². The molecule has 0 saturated carbocycles. The summed E-state index contributed by atoms with van der Waals surface area (Å²) in [5.41, 5.74) is 0. The second-order valence-electron chi connectivity index (χ2n) is 5.15. The summed E-state index contributed by atoms with van der Waals surface area (Å²) in [4.78, 5) is 15.7. The Kier molecular flexibility index (Phi) is 6.17. The number of carbonyl (C=O) groups excluding carboxylic acids is 1. The Hall–Kier alpha value is -0.920. The molecule has 0 amide bonds. The molecule has 0 aromatic rings. The van der Waals surface area contributed by atoms with Gasteiger partial charge >= 0.3 is 0 Å². The second-order valence-corrected chi connectivity index (χ2v) is 5.15. The van der Waals surface area contributed by atoms with Crippen molar-refractivity contribution in [1.82, 2.24) is 9.80 Å². The van der Waals surface area contributed by atoms with Gasteiger partial charge in [0.2, 0.25) is 0 Å². The maximum atomic E-state index is 11.3. The highest BCUT2D eigenvalue weighted by atomic mass is 16.1. The van der Waals surface area contributed by atoms with E-state index < -0.39 is 0 Å². The SMILES string of the molecule is CN1CCC(CCN(C)CC(=O)CC#N)CC1. The summed E-state index contributed by atoms with van der Waals surface area (Å²) in [6.07, 6.45) is 3.76. The highest BCUT2D eigenvalue weighted by molar-refractivity contribution is 5.82. The van der Waals surface area contributed by atoms with E-state index in [4.69, 9.17) is 5.26 Å². The molecule has 0 aliphatic carbocycles. The fourth-order valence-electron chi connectivity index (χ4n) is 2.28. The molecule has 0 bridgehead atoms. The fraction of sp³-hybridized carbons (Fsp3) is 0.846. The standard InChI is InChI=1S/C13H23N3O/c1-15-8-4-12(5-9-15)6-10-16(2)11-13(17)3-7-14/h12H,3-6,8-11H2,1-2H3. The number of hydrogen-bond acceptors (Lipinski definition) is 4. The maximum absolute atomic E-state index is 11.3. The average molecular weight is 237 g/mol. The van der Waals surface area contributed by atoms with Crippen LogP contribution in [0.1, 0.15) is 25.7 Å². The zero-order valence-corrected chi connectivity index (χ0v) is 11.0. The molecule has 4 nitrogen and oxygen atoms in total. The second kappa shape index (κ2) is 7.41. The number of likely N-dealkylation sites (tertiary alicyclic amines) is 1. The lowest BCUT2D eigenvalue weighted by molar-refractivity contribution is -0.119. The smallest absolute Gasteiger partial charge is 0.160 e. The van der Waals surface area contributed by atoms with Crippen molar-refractivity contribution in [2.24, 2.45) is 5.92 Å². The molecule has 1 aliphatic heterocycles. The van der Waals surface area contributed by atoms with Crippen molar-refractivity contribution in [3.8, 4) is 6.07 Å². The van der Waals surface area contributed by atoms with Gasteiger partial charge < -0.3 is 4.90 Å². The van der Waals surface area contributed by atoms with E-state index in [2.05, 4.69) is 11.9 Å². The maximum Gasteiger partial charge on any atom is 0.160 e. The van der Waals surface area contributed by atoms with E-state index in [9.17, 15) is 4.79 Å². The highest BCUT2D eigenvalue weighted by Gasteiger charge is 2.17. The van der Waals surface area contributed by atoms with E-state index in [1.165, 1.54) is 32.4 Å². The molecular formula is C13H23N3O. The first-order chi connectivity index (χ1) is 8.11. The van der Waals surface area contributed by atoms with Crippen LogP contribution in [0.4, 0.5) is 0 Å². The fourth-order valence-corrected chi connectivity index (χ4v) is 2.28. The number of nitrogens with zero attached hydrogens (tertiary/aromatic N) is 3. The van der Waals surface area contributed by atoms with Crippen molar-refractivity contribution < 1.29 is 4.79 Å². The molecule has 0 unspecified atom stereocenters. The number of likely N-dealkylation sites (N-methyl/N-ethyl adjacent to an activating group) is 1. The van der Waals surface area contributed by atoms with Crippen LogP contribution in [0.15, 0.2) is 0 Å². The molecule has 0 radical (unpaired) electrons. The van der Waals surface area contributed by atoms with E-state index in [0.717, 1.165) is 12.5 Å². The minimum atomic E-state index is 0.0263. The monoisotopic (exact) mass is 237 g/mol. The quantitative estimate of drug-likeness (QED) is 0.695. The van der Waals surface area contributed by atoms with Crippen LogP contribution in [0, 0.1) is 17.2 Å². The van der Waals surface area contributed by atoms with Gasteiger partial charge in [0, 0.05) is 0 Å². The van der Waals surface area contributed by atoms with Gasteiger partial charge in [0.1, 0.15) is 0 Å². The van der Waals surface area contributed by atoms with Gasteiger partial charge in [0.25, 0.3) is 0 Å². The molecule has 0 aromatic heterocycles. The van der Waals surface area contributed by atoms with Gasteiger partial charge in [-0.25, -0.2) is 0 Å². The average Bonchev–Trinajstić information content (AvgIpc) is 2.28. The van der Waals surface area contributed by atoms with Crippen molar-refractivity contribution in [3.05, 3.63) is 0 Å². The molecule has 0 N–H and O–H groups in total. The molecule has 1 saturated heterocycles. The van der Waals surface area contributed by atoms with Crippen LogP contribution in [0.2, 0.25) is 0 Å². The first-order valence-electron chi connectivity index (χ1n) is 6.37. The first-order valence-corrected chi connectivity index (χ1v) is 6.37. The molecule has 1 aliphatic rings. The zero-order chi connectivity index (χ0) is 12.7. The van der Waals surface area contributed by atoms with Crippen LogP contribution in [0.5, 0.6) is 0 Å². The summed E-state index contributed by atoms with van der Waals surface area (Å²) < 4.78 is 0. The number of nitriles is 1. The molecule has 96 valence electrons. The minimum absolute atomic E-state index is 0.0263. The Bertz CT molecular complexity index is 277. The lowest BCUT2D eigenvalue weighted by Gasteiger charge is -2.29. The predicted molar refractivity (Wildman–Crippen MR) is 67.6 cm³/mol. The Morgan fingerprint density at radius 1 is 1.47 bits per heavy atom. The first kappa shape index (κ1) is 14.1. The molecule has 4 heteroatoms. The summed E-state index contributed by atoms with van der Waals surface area (Å²) in [6.45, 7) is 3.77. The van der Waals surface area contributed by atoms with E-state index in [-0.39, 0.29) is 12.2 Å². The highest BCUT2D eigenvalue weighted by Crippen LogP contribution is 2.19. The topological polar surface area (TPSA) is 47.3 Å². The van der Waals surface area contributed by atoms with Gasteiger partial charge in [-0.3, -0.25) is 9.69 Å². The van der Waals surface area contributed by atoms with Crippen molar-refractivity contribution >= 4 is 5.78 Å². The number of piperidine rings is 1. The minimum Gasteiger partial charge on any atom is -0.306 e. The largest absolute Gasteiger partial charge is 0.306 e. The van der Waals surface area contributed by atoms with Crippen LogP contribution in [0.25, 0.3) is 0 Å². The number of hydrogen-bond donors (Lipinski definition) is 0. The van der Waals surface area contributed by atoms with Crippen molar-refractivity contribution in [2.75, 3.05) is 40.3 Å². The third-order valence-electron chi connectivity index (χ3n) is 3.48. The zero-order valence-electron chi connectivity index (χ0n) is 11.0. The van der Waals surface area contributed by atoms with Crippen LogP contribution in [-0.4, -0.2) is 55.9 Å². The van der Waals surface area contributed by atoms with E-state index in [1.807, 2.05) is 18.0 Å². The van der Waals surface area contributed by atoms with Gasteiger partial charge in [-0.2, -0.15) is 5.26 Å². The van der Waals surface area contributed by atoms with Crippen molar-refractivity contribution in [1.29, 1.82) is 5.26 Å². The molecule has 1 rings (SSSR count). The van der Waals surface area contributed by atoms with Crippen LogP contribution in [0.3, 0.4) is 0 Å². The van der Waals surface area contributed by atoms with Gasteiger partial charge in [0.05, 0.1) is 19.0 Å². The van der Waals surface area contributed by atoms with Gasteiger partial charge in [-0.15, -0.1) is 0 Å². The van der Waals surface area contributed by atoms with Crippen molar-refractivity contribution in [3.63, 3.8) is 0 Å². The molecule has 0 aromatic carbocycles. The molecule has 17 heavy (non-hydrogen) atoms. The van der Waals surface area contributed by atoms with Crippen LogP contribution < -0.4 is 0 Å². The lowest BCUT2D eigenvalue weighted by Crippen LogP contribution is -2.33. The van der Waals surface area contributed by atoms with Crippen LogP contribution in [-0.2, 0) is 4.79 Å². The van der Waals surface area contributed by atoms with Gasteiger partial charge in [-0.1, -0.05) is 0 Å². The summed E-state index contributed by atoms with van der Waals surface area (Å²) in [7, 11) is 4.13. The third-order valence-corrected chi connectivity index (χ3v) is 3.48. The third kappa shape index (κ3) is 5.81. The predicted octanol–water partition coefficient (Wildman–Crippen LogP) is 1.13. The lowest BCUT2D eigenvalue weighted by atomic mass is 9.94. The normalized spacial score (nSPS) is 18.2. The van der Waals surface area contributed by atoms with E-state index >= 15 is 0 Å². The molecule has 1 fully saturated rings. The van der Waals surface area contributed by atoms with Crippen molar-refractivity contribution in [2.45, 2.75) is 25.7 Å². The number of carbonyl (C=O) groups is 1. The van der Waals surface area contributed by atoms with E-state index in [1.54, 1.807) is 0 Å². The van der Waals surface area contributed by atoms with E-state index in [0.29, 0.717) is 6.54 Å².